The van der Waals surface area contributed by atoms with E-state index in [0.29, 0.717) is 12.6 Å². The van der Waals surface area contributed by atoms with Gasteiger partial charge in [-0.1, -0.05) is 17.3 Å². The third-order valence-electron chi connectivity index (χ3n) is 4.78. The van der Waals surface area contributed by atoms with Crippen LogP contribution < -0.4 is 10.1 Å². The van der Waals surface area contributed by atoms with Crippen LogP contribution in [0.25, 0.3) is 10.2 Å². The van der Waals surface area contributed by atoms with E-state index in [4.69, 9.17) is 9.47 Å². The predicted molar refractivity (Wildman–Crippen MR) is 93.4 cm³/mol. The molecular formula is C17H16N4O2S. The first-order chi connectivity index (χ1) is 11.7. The van der Waals surface area contributed by atoms with E-state index in [0.717, 1.165) is 40.6 Å². The smallest absolute Gasteiger partial charge is 0.291 e. The van der Waals surface area contributed by atoms with Crippen LogP contribution >= 0.6 is 11.3 Å². The van der Waals surface area contributed by atoms with Gasteiger partial charge in [0, 0.05) is 12.6 Å². The minimum atomic E-state index is -0.286. The van der Waals surface area contributed by atoms with Gasteiger partial charge in [0.15, 0.2) is 10.7 Å². The maximum atomic E-state index is 6.21. The van der Waals surface area contributed by atoms with Crippen molar-refractivity contribution in [3.8, 4) is 17.7 Å². The molecule has 122 valence electrons. The molecule has 2 atom stereocenters. The number of thiazole rings is 1. The van der Waals surface area contributed by atoms with Crippen LogP contribution in [0.5, 0.6) is 5.75 Å². The second kappa shape index (κ2) is 5.02. The van der Waals surface area contributed by atoms with Crippen LogP contribution in [0.4, 0.5) is 5.13 Å². The van der Waals surface area contributed by atoms with Gasteiger partial charge in [-0.05, 0) is 24.6 Å². The second-order valence-corrected chi connectivity index (χ2v) is 7.32. The van der Waals surface area contributed by atoms with Crippen molar-refractivity contribution in [3.05, 3.63) is 18.2 Å². The Bertz CT molecular complexity index is 912. The number of ether oxygens (including phenoxy) is 2. The quantitative estimate of drug-likeness (QED) is 0.849. The second-order valence-electron chi connectivity index (χ2n) is 6.28. The molecule has 1 fully saturated rings. The maximum Gasteiger partial charge on any atom is 0.291 e. The lowest BCUT2D eigenvalue weighted by Gasteiger charge is -2.44. The van der Waals surface area contributed by atoms with Gasteiger partial charge in [-0.2, -0.15) is 0 Å². The fourth-order valence-corrected chi connectivity index (χ4v) is 4.38. The van der Waals surface area contributed by atoms with Crippen molar-refractivity contribution in [2.24, 2.45) is 10.9 Å². The molecule has 0 radical (unpaired) electrons. The largest absolute Gasteiger partial charge is 0.497 e. The molecular weight excluding hydrogens is 324 g/mol. The van der Waals surface area contributed by atoms with Crippen molar-refractivity contribution in [2.75, 3.05) is 32.1 Å². The van der Waals surface area contributed by atoms with Crippen LogP contribution in [-0.4, -0.2) is 48.3 Å². The van der Waals surface area contributed by atoms with E-state index in [9.17, 15) is 0 Å². The van der Waals surface area contributed by atoms with Crippen LogP contribution in [0.3, 0.4) is 0 Å². The molecule has 7 heteroatoms. The fourth-order valence-electron chi connectivity index (χ4n) is 3.50. The number of piperidine rings is 1. The monoisotopic (exact) mass is 340 g/mol. The van der Waals surface area contributed by atoms with Gasteiger partial charge in [0.05, 0.1) is 36.3 Å². The van der Waals surface area contributed by atoms with E-state index in [1.807, 2.05) is 18.2 Å². The van der Waals surface area contributed by atoms with Gasteiger partial charge >= 0.3 is 0 Å². The molecule has 1 aromatic carbocycles. The van der Waals surface area contributed by atoms with E-state index in [1.165, 1.54) is 0 Å². The molecule has 1 spiro atoms. The number of rotatable bonds is 2. The summed E-state index contributed by atoms with van der Waals surface area (Å²) in [6.07, 6.45) is 1.05. The van der Waals surface area contributed by atoms with Gasteiger partial charge in [-0.3, -0.25) is 5.32 Å². The Labute approximate surface area is 143 Å². The fraction of sp³-hybridized carbons (Fsp3) is 0.412. The first-order valence-electron chi connectivity index (χ1n) is 7.95. The summed E-state index contributed by atoms with van der Waals surface area (Å²) in [5.74, 6) is 4.39. The van der Waals surface area contributed by atoms with E-state index >= 15 is 0 Å². The number of aliphatic imine (C=N–C) groups is 1. The average Bonchev–Trinajstić information content (AvgIpc) is 3.19. The average molecular weight is 340 g/mol. The van der Waals surface area contributed by atoms with Crippen molar-refractivity contribution in [1.82, 2.24) is 9.88 Å². The summed E-state index contributed by atoms with van der Waals surface area (Å²) in [6, 6.07) is 9.58. The number of nitrogens with one attached hydrogen (secondary N) is 1. The minimum Gasteiger partial charge on any atom is -0.497 e. The minimum absolute atomic E-state index is 0.269. The number of fused-ring (bicyclic) bond motifs is 2. The summed E-state index contributed by atoms with van der Waals surface area (Å²) in [7, 11) is 1.67. The molecule has 6 nitrogen and oxygen atoms in total. The van der Waals surface area contributed by atoms with Crippen LogP contribution in [0.2, 0.25) is 0 Å². The van der Waals surface area contributed by atoms with Gasteiger partial charge in [0.1, 0.15) is 5.75 Å². The molecule has 5 heterocycles. The topological polar surface area (TPSA) is 59.0 Å². The summed E-state index contributed by atoms with van der Waals surface area (Å²) < 4.78 is 12.5. The van der Waals surface area contributed by atoms with Gasteiger partial charge in [0.2, 0.25) is 0 Å². The Morgan fingerprint density at radius 1 is 1.50 bits per heavy atom. The number of anilines is 1. The van der Waals surface area contributed by atoms with Crippen molar-refractivity contribution in [1.29, 1.82) is 0 Å². The molecule has 6 rings (SSSR count). The molecule has 0 aliphatic carbocycles. The standard InChI is InChI=1S/C17H16N4O2S/c1-22-12-2-3-13-14(8-12)24-16(19-13)20-15-18-9-17(23-15)10-21-6-4-11(17)5-7-21/h2-3,8,11H,4,6,9-10H2,1H3,(H,18,19,20)/t11-,17+/m1/s1. The van der Waals surface area contributed by atoms with Crippen molar-refractivity contribution < 1.29 is 9.47 Å². The van der Waals surface area contributed by atoms with E-state index in [-0.39, 0.29) is 11.5 Å². The molecule has 1 N–H and O–H groups in total. The van der Waals surface area contributed by atoms with Crippen molar-refractivity contribution in [3.63, 3.8) is 0 Å². The highest BCUT2D eigenvalue weighted by Crippen LogP contribution is 2.37. The number of benzene rings is 1. The van der Waals surface area contributed by atoms with Crippen molar-refractivity contribution in [2.45, 2.75) is 12.0 Å². The van der Waals surface area contributed by atoms with Crippen molar-refractivity contribution >= 4 is 32.7 Å². The molecule has 4 aliphatic rings. The highest BCUT2D eigenvalue weighted by molar-refractivity contribution is 7.22. The van der Waals surface area contributed by atoms with E-state index in [2.05, 4.69) is 32.2 Å². The summed E-state index contributed by atoms with van der Waals surface area (Å²) in [5, 5.41) is 4.01. The number of nitrogens with zero attached hydrogens (tertiary/aromatic N) is 3. The molecule has 2 aromatic rings. The van der Waals surface area contributed by atoms with Gasteiger partial charge in [-0.15, -0.1) is 0 Å². The van der Waals surface area contributed by atoms with E-state index in [1.54, 1.807) is 18.4 Å². The Morgan fingerprint density at radius 2 is 2.46 bits per heavy atom. The van der Waals surface area contributed by atoms with E-state index < -0.39 is 0 Å². The SMILES string of the molecule is COc1ccc2nc(NC3=NC[C@@]4(CN5C#C[C@H]4CC5)O3)sc2c1. The molecule has 2 bridgehead atoms. The lowest BCUT2D eigenvalue weighted by atomic mass is 9.80. The number of amidine groups is 1. The lowest BCUT2D eigenvalue weighted by molar-refractivity contribution is -0.0137. The molecule has 4 aliphatic heterocycles. The molecule has 0 saturated carbocycles. The highest BCUT2D eigenvalue weighted by Gasteiger charge is 2.50. The number of methoxy groups -OCH3 is 1. The summed E-state index contributed by atoms with van der Waals surface area (Å²) in [5.41, 5.74) is 0.649. The van der Waals surface area contributed by atoms with Gasteiger partial charge < -0.3 is 14.4 Å². The molecule has 1 saturated heterocycles. The molecule has 24 heavy (non-hydrogen) atoms. The summed E-state index contributed by atoms with van der Waals surface area (Å²) >= 11 is 1.56. The van der Waals surface area contributed by atoms with Gasteiger partial charge in [-0.25, -0.2) is 9.98 Å². The molecule has 0 amide bonds. The summed E-state index contributed by atoms with van der Waals surface area (Å²) in [6.45, 7) is 2.52. The predicted octanol–water partition coefficient (Wildman–Crippen LogP) is 2.14. The molecule has 1 aromatic heterocycles. The zero-order valence-electron chi connectivity index (χ0n) is 13.2. The number of hydrogen-bond donors (Lipinski definition) is 1. The maximum absolute atomic E-state index is 6.21. The number of aromatic nitrogens is 1. The molecule has 0 unspecified atom stereocenters. The third kappa shape index (κ3) is 2.10. The van der Waals surface area contributed by atoms with Gasteiger partial charge in [0.25, 0.3) is 6.02 Å². The number of hydrogen-bond acceptors (Lipinski definition) is 7. The zero-order valence-corrected chi connectivity index (χ0v) is 14.0. The Morgan fingerprint density at radius 3 is 3.21 bits per heavy atom. The Kier molecular flexibility index (Phi) is 2.91. The first kappa shape index (κ1) is 13.9. The highest BCUT2D eigenvalue weighted by atomic mass is 32.1. The Balaban J connectivity index is 1.35. The van der Waals surface area contributed by atoms with Crippen LogP contribution in [-0.2, 0) is 4.74 Å². The zero-order chi connectivity index (χ0) is 16.1. The van der Waals surface area contributed by atoms with Crippen LogP contribution in [0, 0.1) is 17.9 Å². The normalized spacial score (nSPS) is 27.0. The third-order valence-corrected chi connectivity index (χ3v) is 5.71. The summed E-state index contributed by atoms with van der Waals surface area (Å²) in [4.78, 5) is 11.3. The Hall–Kier alpha value is -2.46. The lowest BCUT2D eigenvalue weighted by Crippen LogP contribution is -2.57. The first-order valence-corrected chi connectivity index (χ1v) is 8.77. The van der Waals surface area contributed by atoms with Crippen LogP contribution in [0.15, 0.2) is 23.2 Å². The van der Waals surface area contributed by atoms with Crippen LogP contribution in [0.1, 0.15) is 6.42 Å².